The molecule has 0 saturated carbocycles. The molecule has 0 aromatic heterocycles. The summed E-state index contributed by atoms with van der Waals surface area (Å²) in [6, 6.07) is 12.4. The molecule has 7 heteroatoms. The SMILES string of the molecule is COc1ccc(F)cc1N1CCNCC1S(=O)(=O)c1ccccc1. The molecule has 1 unspecified atom stereocenters. The number of ether oxygens (including phenoxy) is 1. The third-order valence-electron chi connectivity index (χ3n) is 4.08. The summed E-state index contributed by atoms with van der Waals surface area (Å²) in [5.41, 5.74) is 0.448. The van der Waals surface area contributed by atoms with Gasteiger partial charge < -0.3 is 15.0 Å². The van der Waals surface area contributed by atoms with Crippen molar-refractivity contribution in [2.45, 2.75) is 10.3 Å². The molecule has 24 heavy (non-hydrogen) atoms. The minimum absolute atomic E-state index is 0.249. The second kappa shape index (κ2) is 6.78. The van der Waals surface area contributed by atoms with Crippen molar-refractivity contribution in [3.8, 4) is 5.75 Å². The molecule has 3 rings (SSSR count). The number of sulfone groups is 1. The number of benzene rings is 2. The van der Waals surface area contributed by atoms with Gasteiger partial charge in [-0.1, -0.05) is 18.2 Å². The van der Waals surface area contributed by atoms with Crippen LogP contribution in [0.25, 0.3) is 0 Å². The molecule has 0 radical (unpaired) electrons. The first-order valence-corrected chi connectivity index (χ1v) is 9.18. The Hall–Kier alpha value is -2.12. The maximum absolute atomic E-state index is 13.7. The summed E-state index contributed by atoms with van der Waals surface area (Å²) in [5.74, 6) is 0.0201. The summed E-state index contributed by atoms with van der Waals surface area (Å²) >= 11 is 0. The van der Waals surface area contributed by atoms with Crippen molar-refractivity contribution in [2.24, 2.45) is 0 Å². The van der Waals surface area contributed by atoms with Gasteiger partial charge in [-0.2, -0.15) is 0 Å². The van der Waals surface area contributed by atoms with E-state index >= 15 is 0 Å². The molecule has 1 atom stereocenters. The van der Waals surface area contributed by atoms with E-state index in [1.165, 1.54) is 25.3 Å². The van der Waals surface area contributed by atoms with E-state index in [4.69, 9.17) is 4.74 Å². The molecule has 0 amide bonds. The van der Waals surface area contributed by atoms with E-state index < -0.39 is 21.0 Å². The molecule has 0 bridgehead atoms. The van der Waals surface area contributed by atoms with Gasteiger partial charge in [0.05, 0.1) is 17.7 Å². The number of halogens is 1. The lowest BCUT2D eigenvalue weighted by Gasteiger charge is -2.38. The Morgan fingerprint density at radius 3 is 2.67 bits per heavy atom. The Morgan fingerprint density at radius 1 is 1.21 bits per heavy atom. The van der Waals surface area contributed by atoms with Crippen LogP contribution < -0.4 is 15.0 Å². The van der Waals surface area contributed by atoms with Gasteiger partial charge in [0.2, 0.25) is 9.84 Å². The Kier molecular flexibility index (Phi) is 4.73. The van der Waals surface area contributed by atoms with Crippen LogP contribution in [0, 0.1) is 5.82 Å². The van der Waals surface area contributed by atoms with Crippen LogP contribution in [0.2, 0.25) is 0 Å². The van der Waals surface area contributed by atoms with Gasteiger partial charge >= 0.3 is 0 Å². The van der Waals surface area contributed by atoms with Crippen LogP contribution in [0.15, 0.2) is 53.4 Å². The second-order valence-electron chi connectivity index (χ2n) is 5.53. The van der Waals surface area contributed by atoms with Crippen LogP contribution in [-0.4, -0.2) is 40.5 Å². The Bertz CT molecular complexity index is 812. The van der Waals surface area contributed by atoms with E-state index in [0.29, 0.717) is 24.5 Å². The van der Waals surface area contributed by atoms with Gasteiger partial charge in [0.25, 0.3) is 0 Å². The van der Waals surface area contributed by atoms with E-state index in [1.807, 2.05) is 0 Å². The van der Waals surface area contributed by atoms with E-state index in [1.54, 1.807) is 35.2 Å². The predicted molar refractivity (Wildman–Crippen MR) is 90.6 cm³/mol. The average Bonchev–Trinajstić information content (AvgIpc) is 2.62. The summed E-state index contributed by atoms with van der Waals surface area (Å²) in [6.45, 7) is 1.31. The summed E-state index contributed by atoms with van der Waals surface area (Å²) < 4.78 is 45.1. The molecular formula is C17H19FN2O3S. The highest BCUT2D eigenvalue weighted by atomic mass is 32.2. The molecule has 0 aliphatic carbocycles. The van der Waals surface area contributed by atoms with E-state index in [0.717, 1.165) is 0 Å². The van der Waals surface area contributed by atoms with E-state index in [2.05, 4.69) is 5.32 Å². The van der Waals surface area contributed by atoms with Crippen molar-refractivity contribution < 1.29 is 17.5 Å². The standard InChI is InChI=1S/C17H19FN2O3S/c1-23-16-8-7-13(18)11-15(16)20-10-9-19-12-17(20)24(21,22)14-5-3-2-4-6-14/h2-8,11,17,19H,9-10,12H2,1H3. The summed E-state index contributed by atoms with van der Waals surface area (Å²) in [5, 5.41) is 2.28. The fourth-order valence-corrected chi connectivity index (χ4v) is 4.63. The summed E-state index contributed by atoms with van der Waals surface area (Å²) in [7, 11) is -2.13. The van der Waals surface area contributed by atoms with Gasteiger partial charge in [-0.25, -0.2) is 12.8 Å². The number of anilines is 1. The average molecular weight is 350 g/mol. The van der Waals surface area contributed by atoms with Crippen LogP contribution in [0.3, 0.4) is 0 Å². The molecule has 0 spiro atoms. The molecular weight excluding hydrogens is 331 g/mol. The number of nitrogens with zero attached hydrogens (tertiary/aromatic N) is 1. The molecule has 2 aromatic carbocycles. The van der Waals surface area contributed by atoms with Crippen molar-refractivity contribution >= 4 is 15.5 Å². The van der Waals surface area contributed by atoms with Gasteiger partial charge in [0.15, 0.2) is 0 Å². The summed E-state index contributed by atoms with van der Waals surface area (Å²) in [4.78, 5) is 1.94. The van der Waals surface area contributed by atoms with Gasteiger partial charge in [-0.05, 0) is 24.3 Å². The summed E-state index contributed by atoms with van der Waals surface area (Å²) in [6.07, 6.45) is 0. The Balaban J connectivity index is 2.05. The maximum Gasteiger partial charge on any atom is 0.200 e. The van der Waals surface area contributed by atoms with Crippen LogP contribution in [0.4, 0.5) is 10.1 Å². The molecule has 1 saturated heterocycles. The van der Waals surface area contributed by atoms with Crippen molar-refractivity contribution in [2.75, 3.05) is 31.6 Å². The number of hydrogen-bond acceptors (Lipinski definition) is 5. The van der Waals surface area contributed by atoms with E-state index in [-0.39, 0.29) is 11.4 Å². The zero-order valence-electron chi connectivity index (χ0n) is 13.3. The number of rotatable bonds is 4. The zero-order valence-corrected chi connectivity index (χ0v) is 14.1. The normalized spacial score (nSPS) is 18.4. The monoisotopic (exact) mass is 350 g/mol. The quantitative estimate of drug-likeness (QED) is 0.915. The molecule has 1 N–H and O–H groups in total. The number of hydrogen-bond donors (Lipinski definition) is 1. The molecule has 128 valence electrons. The zero-order chi connectivity index (χ0) is 17.2. The molecule has 1 aliphatic heterocycles. The van der Waals surface area contributed by atoms with Crippen LogP contribution in [0.5, 0.6) is 5.75 Å². The molecule has 5 nitrogen and oxygen atoms in total. The van der Waals surface area contributed by atoms with Gasteiger partial charge in [0.1, 0.15) is 16.9 Å². The molecule has 1 aliphatic rings. The lowest BCUT2D eigenvalue weighted by Crippen LogP contribution is -2.55. The van der Waals surface area contributed by atoms with Crippen molar-refractivity contribution in [3.05, 3.63) is 54.3 Å². The van der Waals surface area contributed by atoms with E-state index in [9.17, 15) is 12.8 Å². The second-order valence-corrected chi connectivity index (χ2v) is 7.63. The number of piperazine rings is 1. The van der Waals surface area contributed by atoms with Crippen molar-refractivity contribution in [1.29, 1.82) is 0 Å². The Labute approximate surface area is 141 Å². The largest absolute Gasteiger partial charge is 0.495 e. The first kappa shape index (κ1) is 16.7. The van der Waals surface area contributed by atoms with Crippen molar-refractivity contribution in [1.82, 2.24) is 5.32 Å². The smallest absolute Gasteiger partial charge is 0.200 e. The van der Waals surface area contributed by atoms with Gasteiger partial charge in [0, 0.05) is 25.7 Å². The molecule has 1 heterocycles. The lowest BCUT2D eigenvalue weighted by molar-refractivity contribution is 0.410. The highest BCUT2D eigenvalue weighted by molar-refractivity contribution is 7.92. The predicted octanol–water partition coefficient (Wildman–Crippen LogP) is 2.04. The third-order valence-corrected chi connectivity index (χ3v) is 6.14. The third kappa shape index (κ3) is 3.09. The Morgan fingerprint density at radius 2 is 1.96 bits per heavy atom. The van der Waals surface area contributed by atoms with Crippen LogP contribution >= 0.6 is 0 Å². The lowest BCUT2D eigenvalue weighted by atomic mass is 10.2. The highest BCUT2D eigenvalue weighted by Gasteiger charge is 2.36. The van der Waals surface area contributed by atoms with Crippen molar-refractivity contribution in [3.63, 3.8) is 0 Å². The first-order valence-electron chi connectivity index (χ1n) is 7.64. The number of nitrogens with one attached hydrogen (secondary N) is 1. The fraction of sp³-hybridized carbons (Fsp3) is 0.294. The molecule has 2 aromatic rings. The number of methoxy groups -OCH3 is 1. The highest BCUT2D eigenvalue weighted by Crippen LogP contribution is 2.33. The minimum atomic E-state index is -3.61. The minimum Gasteiger partial charge on any atom is -0.495 e. The van der Waals surface area contributed by atoms with Crippen LogP contribution in [-0.2, 0) is 9.84 Å². The topological polar surface area (TPSA) is 58.6 Å². The first-order chi connectivity index (χ1) is 11.5. The van der Waals surface area contributed by atoms with Crippen LogP contribution in [0.1, 0.15) is 0 Å². The van der Waals surface area contributed by atoms with Gasteiger partial charge in [-0.3, -0.25) is 0 Å². The fourth-order valence-electron chi connectivity index (χ4n) is 2.89. The molecule has 1 fully saturated rings. The maximum atomic E-state index is 13.7. The van der Waals surface area contributed by atoms with Gasteiger partial charge in [-0.15, -0.1) is 0 Å².